The van der Waals surface area contributed by atoms with E-state index in [0.29, 0.717) is 23.7 Å². The number of nitrogen functional groups attached to an aromatic ring is 1. The monoisotopic (exact) mass is 401 g/mol. The fraction of sp³-hybridized carbons (Fsp3) is 0.0909. The zero-order valence-electron chi connectivity index (χ0n) is 16.3. The Kier molecular flexibility index (Phi) is 5.34. The molecular formula is C22H23N7O. The molecule has 0 saturated heterocycles. The van der Waals surface area contributed by atoms with Crippen LogP contribution in [0.4, 0.5) is 22.0 Å². The number of aromatic nitrogens is 2. The van der Waals surface area contributed by atoms with E-state index in [1.807, 2.05) is 60.7 Å². The Morgan fingerprint density at radius 1 is 0.967 bits per heavy atom. The summed E-state index contributed by atoms with van der Waals surface area (Å²) in [5.41, 5.74) is 23.4. The number of hydrogen-bond acceptors (Lipinski definition) is 5. The van der Waals surface area contributed by atoms with E-state index in [9.17, 15) is 4.79 Å². The van der Waals surface area contributed by atoms with E-state index in [4.69, 9.17) is 17.2 Å². The zero-order valence-corrected chi connectivity index (χ0v) is 16.3. The highest BCUT2D eigenvalue weighted by Gasteiger charge is 2.13. The van der Waals surface area contributed by atoms with Crippen molar-refractivity contribution in [3.05, 3.63) is 71.8 Å². The molecule has 30 heavy (non-hydrogen) atoms. The number of H-pyrrole nitrogens is 1. The Hall–Kier alpha value is -3.88. The molecule has 0 spiro atoms. The molecule has 2 amide bonds. The van der Waals surface area contributed by atoms with Crippen molar-refractivity contribution in [3.63, 3.8) is 0 Å². The van der Waals surface area contributed by atoms with Gasteiger partial charge in [0.15, 0.2) is 5.82 Å². The third-order valence-electron chi connectivity index (χ3n) is 4.92. The fourth-order valence-corrected chi connectivity index (χ4v) is 3.45. The molecule has 8 nitrogen and oxygen atoms in total. The number of carbonyl (C=O) groups excluding carboxylic acids is 1. The summed E-state index contributed by atoms with van der Waals surface area (Å²) in [6.07, 6.45) is 0. The lowest BCUT2D eigenvalue weighted by atomic mass is 9.98. The Bertz CT molecular complexity index is 1220. The number of nitrogens with two attached hydrogens (primary N) is 3. The quantitative estimate of drug-likeness (QED) is 0.303. The van der Waals surface area contributed by atoms with Gasteiger partial charge in [0.05, 0.1) is 10.9 Å². The fourth-order valence-electron chi connectivity index (χ4n) is 3.45. The molecule has 0 bridgehead atoms. The van der Waals surface area contributed by atoms with E-state index in [0.717, 1.165) is 33.2 Å². The molecule has 0 aliphatic heterocycles. The predicted octanol–water partition coefficient (Wildman–Crippen LogP) is 3.37. The molecule has 0 aliphatic rings. The normalized spacial score (nSPS) is 10.9. The van der Waals surface area contributed by atoms with Crippen LogP contribution in [0.3, 0.4) is 0 Å². The van der Waals surface area contributed by atoms with E-state index < -0.39 is 0 Å². The number of fused-ring (bicyclic) bond motifs is 1. The number of urea groups is 1. The maximum atomic E-state index is 12.5. The molecule has 0 saturated carbocycles. The Labute approximate surface area is 173 Å². The molecule has 4 rings (SSSR count). The van der Waals surface area contributed by atoms with Gasteiger partial charge >= 0.3 is 6.03 Å². The number of aromatic amines is 1. The number of hydrogen-bond donors (Lipinski definition) is 6. The first-order valence-electron chi connectivity index (χ1n) is 9.52. The number of nitrogens with zero attached hydrogens (tertiary/aromatic N) is 1. The Morgan fingerprint density at radius 2 is 1.80 bits per heavy atom. The van der Waals surface area contributed by atoms with Crippen LogP contribution in [0.5, 0.6) is 0 Å². The number of anilines is 3. The first-order chi connectivity index (χ1) is 14.6. The summed E-state index contributed by atoms with van der Waals surface area (Å²) in [7, 11) is 0. The van der Waals surface area contributed by atoms with Crippen LogP contribution in [-0.2, 0) is 13.1 Å². The minimum atomic E-state index is -0.354. The summed E-state index contributed by atoms with van der Waals surface area (Å²) in [5.74, 6) is 0.441. The van der Waals surface area contributed by atoms with Gasteiger partial charge < -0.3 is 27.8 Å². The van der Waals surface area contributed by atoms with Crippen molar-refractivity contribution in [2.24, 2.45) is 11.5 Å². The molecule has 0 aliphatic carbocycles. The molecule has 152 valence electrons. The molecule has 0 unspecified atom stereocenters. The van der Waals surface area contributed by atoms with Gasteiger partial charge in [-0.2, -0.15) is 5.10 Å². The lowest BCUT2D eigenvalue weighted by Gasteiger charge is -2.14. The molecule has 4 aromatic rings. The summed E-state index contributed by atoms with van der Waals surface area (Å²) in [5, 5.41) is 13.6. The molecule has 8 heteroatoms. The van der Waals surface area contributed by atoms with Crippen molar-refractivity contribution in [2.45, 2.75) is 13.1 Å². The third kappa shape index (κ3) is 3.82. The number of carbonyl (C=O) groups is 1. The van der Waals surface area contributed by atoms with E-state index in [-0.39, 0.29) is 12.6 Å². The average molecular weight is 401 g/mol. The van der Waals surface area contributed by atoms with Gasteiger partial charge in [0.2, 0.25) is 0 Å². The van der Waals surface area contributed by atoms with E-state index >= 15 is 0 Å². The van der Waals surface area contributed by atoms with Crippen molar-refractivity contribution in [3.8, 4) is 11.1 Å². The molecule has 0 atom stereocenters. The summed E-state index contributed by atoms with van der Waals surface area (Å²) >= 11 is 0. The van der Waals surface area contributed by atoms with E-state index in [2.05, 4.69) is 20.8 Å². The average Bonchev–Trinajstić information content (AvgIpc) is 3.15. The van der Waals surface area contributed by atoms with Crippen LogP contribution in [0, 0.1) is 0 Å². The van der Waals surface area contributed by atoms with Crippen LogP contribution in [-0.4, -0.2) is 16.2 Å². The summed E-state index contributed by atoms with van der Waals surface area (Å²) in [6, 6.07) is 18.6. The standard InChI is InChI=1S/C22H23N7O/c23-11-13-3-1-4-16(9-13)26-22(30)27-18-8-7-14(10-15(18)12-24)17-5-2-6-19-20(17)21(25)29-28-19/h1-10H,11-12,23-24H2,(H3,25,28,29)(H2,26,27,30). The lowest BCUT2D eigenvalue weighted by molar-refractivity contribution is 0.262. The molecule has 3 aromatic carbocycles. The van der Waals surface area contributed by atoms with Gasteiger partial charge in [0.1, 0.15) is 0 Å². The molecule has 0 radical (unpaired) electrons. The van der Waals surface area contributed by atoms with Crippen molar-refractivity contribution < 1.29 is 4.79 Å². The van der Waals surface area contributed by atoms with Crippen LogP contribution < -0.4 is 27.8 Å². The molecule has 0 fully saturated rings. The molecule has 9 N–H and O–H groups in total. The first-order valence-corrected chi connectivity index (χ1v) is 9.52. The van der Waals surface area contributed by atoms with Crippen LogP contribution in [0.2, 0.25) is 0 Å². The molecule has 1 aromatic heterocycles. The SMILES string of the molecule is NCc1cccc(NC(=O)Nc2ccc(-c3cccc4[nH]nc(N)c34)cc2CN)c1. The highest BCUT2D eigenvalue weighted by molar-refractivity contribution is 6.03. The Morgan fingerprint density at radius 3 is 2.60 bits per heavy atom. The highest BCUT2D eigenvalue weighted by Crippen LogP contribution is 2.33. The van der Waals surface area contributed by atoms with Gasteiger partial charge in [-0.25, -0.2) is 4.79 Å². The number of rotatable bonds is 5. The van der Waals surface area contributed by atoms with Gasteiger partial charge in [0, 0.05) is 24.5 Å². The molecule has 1 heterocycles. The predicted molar refractivity (Wildman–Crippen MR) is 121 cm³/mol. The number of benzene rings is 3. The Balaban J connectivity index is 1.59. The second-order valence-corrected chi connectivity index (χ2v) is 6.90. The van der Waals surface area contributed by atoms with E-state index in [1.165, 1.54) is 0 Å². The largest absolute Gasteiger partial charge is 0.382 e. The maximum Gasteiger partial charge on any atom is 0.323 e. The summed E-state index contributed by atoms with van der Waals surface area (Å²) in [4.78, 5) is 12.5. The second-order valence-electron chi connectivity index (χ2n) is 6.90. The van der Waals surface area contributed by atoms with Gasteiger partial charge in [0.25, 0.3) is 0 Å². The number of amides is 2. The molecular weight excluding hydrogens is 378 g/mol. The highest BCUT2D eigenvalue weighted by atomic mass is 16.2. The van der Waals surface area contributed by atoms with Crippen molar-refractivity contribution >= 4 is 34.1 Å². The summed E-state index contributed by atoms with van der Waals surface area (Å²) in [6.45, 7) is 0.673. The lowest BCUT2D eigenvalue weighted by Crippen LogP contribution is -2.21. The topological polar surface area (TPSA) is 148 Å². The summed E-state index contributed by atoms with van der Waals surface area (Å²) < 4.78 is 0. The first kappa shape index (κ1) is 19.4. The van der Waals surface area contributed by atoms with Crippen LogP contribution in [0.15, 0.2) is 60.7 Å². The van der Waals surface area contributed by atoms with Crippen LogP contribution in [0.1, 0.15) is 11.1 Å². The van der Waals surface area contributed by atoms with E-state index in [1.54, 1.807) is 0 Å². The van der Waals surface area contributed by atoms with Gasteiger partial charge in [-0.05, 0) is 52.6 Å². The van der Waals surface area contributed by atoms with Crippen molar-refractivity contribution in [1.29, 1.82) is 0 Å². The smallest absolute Gasteiger partial charge is 0.323 e. The van der Waals surface area contributed by atoms with Gasteiger partial charge in [-0.1, -0.05) is 30.3 Å². The van der Waals surface area contributed by atoms with Crippen molar-refractivity contribution in [2.75, 3.05) is 16.4 Å². The van der Waals surface area contributed by atoms with Crippen LogP contribution >= 0.6 is 0 Å². The van der Waals surface area contributed by atoms with Gasteiger partial charge in [-0.3, -0.25) is 5.10 Å². The minimum absolute atomic E-state index is 0.267. The van der Waals surface area contributed by atoms with Gasteiger partial charge in [-0.15, -0.1) is 0 Å². The second kappa shape index (κ2) is 8.24. The maximum absolute atomic E-state index is 12.5. The minimum Gasteiger partial charge on any atom is -0.382 e. The van der Waals surface area contributed by atoms with Crippen LogP contribution in [0.25, 0.3) is 22.0 Å². The third-order valence-corrected chi connectivity index (χ3v) is 4.92. The number of nitrogens with one attached hydrogen (secondary N) is 3. The zero-order chi connectivity index (χ0) is 21.1. The van der Waals surface area contributed by atoms with Crippen molar-refractivity contribution in [1.82, 2.24) is 10.2 Å².